The normalized spacial score (nSPS) is 15.7. The summed E-state index contributed by atoms with van der Waals surface area (Å²) in [6, 6.07) is 30.3. The van der Waals surface area contributed by atoms with E-state index >= 15 is 0 Å². The van der Waals surface area contributed by atoms with Crippen LogP contribution in [0.15, 0.2) is 99.5 Å². The van der Waals surface area contributed by atoms with Crippen LogP contribution in [0.5, 0.6) is 0 Å². The smallest absolute Gasteiger partial charge is 0.263 e. The van der Waals surface area contributed by atoms with Crippen molar-refractivity contribution in [1.29, 1.82) is 0 Å². The van der Waals surface area contributed by atoms with Gasteiger partial charge in [0.05, 0.1) is 5.52 Å². The van der Waals surface area contributed by atoms with Crippen molar-refractivity contribution in [3.63, 3.8) is 0 Å². The molecule has 5 aromatic carbocycles. The third-order valence-electron chi connectivity index (χ3n) is 8.85. The first-order chi connectivity index (χ1) is 17.6. The molecule has 0 atom stereocenters. The second-order valence-electron chi connectivity index (χ2n) is 10.8. The van der Waals surface area contributed by atoms with Gasteiger partial charge in [0.1, 0.15) is 0 Å². The number of fused-ring (bicyclic) bond motifs is 6. The summed E-state index contributed by atoms with van der Waals surface area (Å²) in [5, 5.41) is 5.53. The molecule has 2 nitrogen and oxygen atoms in total. The van der Waals surface area contributed by atoms with Crippen LogP contribution >= 0.6 is 11.8 Å². The topological polar surface area (TPSA) is 22.0 Å². The molecule has 0 radical (unpaired) electrons. The number of aromatic nitrogens is 1. The lowest BCUT2D eigenvalue weighted by atomic mass is 9.30. The van der Waals surface area contributed by atoms with Gasteiger partial charge >= 0.3 is 0 Å². The van der Waals surface area contributed by atoms with E-state index in [4.69, 9.17) is 0 Å². The molecule has 0 amide bonds. The molecule has 4 heteroatoms. The molecule has 3 aliphatic rings. The van der Waals surface area contributed by atoms with Crippen molar-refractivity contribution in [2.75, 3.05) is 0 Å². The zero-order chi connectivity index (χ0) is 23.9. The molecule has 0 saturated carbocycles. The van der Waals surface area contributed by atoms with Gasteiger partial charge in [0, 0.05) is 31.7 Å². The van der Waals surface area contributed by atoms with Crippen LogP contribution in [0.25, 0.3) is 38.1 Å². The Balaban J connectivity index is 1.67. The van der Waals surface area contributed by atoms with E-state index in [2.05, 4.69) is 86.6 Å². The number of hydrogen-bond donors (Lipinski definition) is 0. The Hall–Kier alpha value is -3.76. The molecule has 0 spiro atoms. The lowest BCUT2D eigenvalue weighted by molar-refractivity contribution is 0.643. The highest BCUT2D eigenvalue weighted by Crippen LogP contribution is 2.46. The molecule has 6 aromatic rings. The number of rotatable bonds is 0. The van der Waals surface area contributed by atoms with Crippen molar-refractivity contribution >= 4 is 67.3 Å². The summed E-state index contributed by atoms with van der Waals surface area (Å²) in [5.74, 6) is 0. The highest BCUT2D eigenvalue weighted by molar-refractivity contribution is 8.00. The molecule has 0 unspecified atom stereocenters. The predicted molar refractivity (Wildman–Crippen MR) is 152 cm³/mol. The molecule has 1 aromatic heterocycles. The van der Waals surface area contributed by atoms with E-state index in [-0.39, 0.29) is 17.7 Å². The average Bonchev–Trinajstić information content (AvgIpc) is 2.91. The van der Waals surface area contributed by atoms with Crippen LogP contribution in [0.1, 0.15) is 25.0 Å². The third kappa shape index (κ3) is 1.98. The largest absolute Gasteiger partial charge is 0.277 e. The molecule has 0 bridgehead atoms. The van der Waals surface area contributed by atoms with Crippen LogP contribution < -0.4 is 21.9 Å². The van der Waals surface area contributed by atoms with Crippen molar-refractivity contribution in [2.45, 2.75) is 29.1 Å². The second kappa shape index (κ2) is 6.14. The van der Waals surface area contributed by atoms with Gasteiger partial charge in [-0.15, -0.1) is 0 Å². The van der Waals surface area contributed by atoms with Crippen LogP contribution in [-0.2, 0) is 5.41 Å². The lowest BCUT2D eigenvalue weighted by Gasteiger charge is -2.45. The minimum Gasteiger partial charge on any atom is -0.277 e. The Morgan fingerprint density at radius 3 is 2.11 bits per heavy atom. The molecule has 4 heterocycles. The van der Waals surface area contributed by atoms with E-state index in [1.807, 2.05) is 28.5 Å². The maximum atomic E-state index is 14.3. The quantitative estimate of drug-likeness (QED) is 0.221. The van der Waals surface area contributed by atoms with Crippen molar-refractivity contribution < 1.29 is 0 Å². The zero-order valence-corrected chi connectivity index (χ0v) is 20.7. The van der Waals surface area contributed by atoms with Crippen molar-refractivity contribution in [2.24, 2.45) is 0 Å². The Morgan fingerprint density at radius 1 is 0.694 bits per heavy atom. The van der Waals surface area contributed by atoms with Gasteiger partial charge in [0.15, 0.2) is 0 Å². The van der Waals surface area contributed by atoms with E-state index < -0.39 is 0 Å². The Morgan fingerprint density at radius 2 is 1.33 bits per heavy atom. The van der Waals surface area contributed by atoms with Crippen molar-refractivity contribution in [3.8, 4) is 5.69 Å². The minimum atomic E-state index is -0.140. The molecular weight excluding hydrogens is 457 g/mol. The number of hydrogen-bond acceptors (Lipinski definition) is 2. The van der Waals surface area contributed by atoms with Gasteiger partial charge in [0.2, 0.25) is 6.71 Å². The number of benzene rings is 5. The SMILES string of the molecule is CC1(C)c2cccc3c2B2c4c(cccc41)-n1c(=O)c4ccccc4c4c5ccccc5c(c2c41)S3. The molecule has 3 aliphatic heterocycles. The van der Waals surface area contributed by atoms with Crippen LogP contribution in [0.2, 0.25) is 0 Å². The van der Waals surface area contributed by atoms with Crippen molar-refractivity contribution in [3.05, 3.63) is 106 Å². The molecule has 168 valence electrons. The highest BCUT2D eigenvalue weighted by Gasteiger charge is 2.48. The first kappa shape index (κ1) is 19.4. The summed E-state index contributed by atoms with van der Waals surface area (Å²) in [5.41, 5.74) is 8.88. The van der Waals surface area contributed by atoms with Crippen LogP contribution in [0.4, 0.5) is 0 Å². The van der Waals surface area contributed by atoms with E-state index in [9.17, 15) is 4.79 Å². The molecule has 36 heavy (non-hydrogen) atoms. The van der Waals surface area contributed by atoms with Crippen molar-refractivity contribution in [1.82, 2.24) is 4.57 Å². The fourth-order valence-electron chi connectivity index (χ4n) is 7.40. The molecular formula is C32H20BNOS. The van der Waals surface area contributed by atoms with Gasteiger partial charge in [0.25, 0.3) is 5.56 Å². The summed E-state index contributed by atoms with van der Waals surface area (Å²) >= 11 is 1.89. The monoisotopic (exact) mass is 477 g/mol. The van der Waals surface area contributed by atoms with Gasteiger partial charge in [-0.1, -0.05) is 97.8 Å². The first-order valence-electron chi connectivity index (χ1n) is 12.5. The molecule has 0 N–H and O–H groups in total. The molecule has 0 fully saturated rings. The minimum absolute atomic E-state index is 0.0786. The van der Waals surface area contributed by atoms with Gasteiger partial charge < -0.3 is 0 Å². The number of nitrogens with zero attached hydrogens (tertiary/aromatic N) is 1. The van der Waals surface area contributed by atoms with Gasteiger partial charge in [-0.25, -0.2) is 0 Å². The Labute approximate surface area is 212 Å². The molecule has 0 saturated heterocycles. The standard InChI is InChI=1S/C32H20BNOS/c1-32(2)21-13-7-15-23-26(21)33-27-22(32)14-8-16-24(27)36-30-19-11-5-3-9-17(19)25-18-10-4-6-12-20(18)31(35)34(23)29(25)28(30)33/h3-16H,1-2H3. The maximum absolute atomic E-state index is 14.3. The van der Waals surface area contributed by atoms with E-state index in [1.54, 1.807) is 0 Å². The van der Waals surface area contributed by atoms with Gasteiger partial charge in [-0.2, -0.15) is 0 Å². The Bertz CT molecular complexity index is 2090. The molecule has 0 aliphatic carbocycles. The van der Waals surface area contributed by atoms with E-state index in [0.29, 0.717) is 0 Å². The Kier molecular flexibility index (Phi) is 3.31. The maximum Gasteiger partial charge on any atom is 0.263 e. The molecule has 9 rings (SSSR count). The summed E-state index contributed by atoms with van der Waals surface area (Å²) in [4.78, 5) is 16.9. The fraction of sp³-hybridized carbons (Fsp3) is 0.0938. The van der Waals surface area contributed by atoms with Crippen LogP contribution in [0.3, 0.4) is 0 Å². The summed E-state index contributed by atoms with van der Waals surface area (Å²) in [6.07, 6.45) is 0. The van der Waals surface area contributed by atoms with E-state index in [1.165, 1.54) is 53.5 Å². The highest BCUT2D eigenvalue weighted by atomic mass is 32.2. The second-order valence-corrected chi connectivity index (χ2v) is 11.9. The summed E-state index contributed by atoms with van der Waals surface area (Å²) in [7, 11) is 0. The third-order valence-corrected chi connectivity index (χ3v) is 10.1. The van der Waals surface area contributed by atoms with E-state index in [0.717, 1.165) is 22.0 Å². The first-order valence-corrected chi connectivity index (χ1v) is 13.4. The van der Waals surface area contributed by atoms with Gasteiger partial charge in [-0.3, -0.25) is 9.36 Å². The van der Waals surface area contributed by atoms with Crippen LogP contribution in [-0.4, -0.2) is 11.3 Å². The number of pyridine rings is 1. The lowest BCUT2D eigenvalue weighted by Crippen LogP contribution is -2.66. The summed E-state index contributed by atoms with van der Waals surface area (Å²) < 4.78 is 2.05. The summed E-state index contributed by atoms with van der Waals surface area (Å²) in [6.45, 7) is 4.81. The average molecular weight is 477 g/mol. The zero-order valence-electron chi connectivity index (χ0n) is 19.9. The predicted octanol–water partition coefficient (Wildman–Crippen LogP) is 5.23. The van der Waals surface area contributed by atoms with Gasteiger partial charge in [-0.05, 0) is 56.4 Å². The van der Waals surface area contributed by atoms with Crippen LogP contribution in [0, 0.1) is 0 Å². The fourth-order valence-corrected chi connectivity index (χ4v) is 8.71.